The van der Waals surface area contributed by atoms with Crippen molar-refractivity contribution in [3.05, 3.63) is 58.7 Å². The van der Waals surface area contributed by atoms with E-state index in [1.807, 2.05) is 6.07 Å². The Morgan fingerprint density at radius 3 is 2.42 bits per heavy atom. The maximum Gasteiger partial charge on any atom is 0.446 e. The Bertz CT molecular complexity index is 1010. The van der Waals surface area contributed by atoms with Gasteiger partial charge in [-0.3, -0.25) is 4.79 Å². The summed E-state index contributed by atoms with van der Waals surface area (Å²) in [7, 11) is 1.62. The summed E-state index contributed by atoms with van der Waals surface area (Å²) >= 11 is -0.144. The number of hydrogen-bond acceptors (Lipinski definition) is 4. The zero-order valence-corrected chi connectivity index (χ0v) is 18.3. The summed E-state index contributed by atoms with van der Waals surface area (Å²) in [4.78, 5) is 15.4. The molecule has 0 atom stereocenters. The number of benzene rings is 2. The standard InChI is InChI=1S/C24H24F3NO2S/c1-15-7-9-28(10-8-15)21-13-17-12-18(23(29)20(17)14-22(21)30-2)11-16-3-5-19(6-4-16)31-24(25,26)27/h3-6,11,13-15H,7-10,12H2,1-2H3/b18-11+. The van der Waals surface area contributed by atoms with E-state index in [0.29, 0.717) is 34.8 Å². The van der Waals surface area contributed by atoms with Crippen LogP contribution in [0.2, 0.25) is 0 Å². The number of ether oxygens (including phenoxy) is 1. The van der Waals surface area contributed by atoms with Crippen LogP contribution < -0.4 is 9.64 Å². The zero-order valence-electron chi connectivity index (χ0n) is 17.5. The first kappa shape index (κ1) is 21.8. The van der Waals surface area contributed by atoms with Crippen molar-refractivity contribution < 1.29 is 22.7 Å². The van der Waals surface area contributed by atoms with Gasteiger partial charge in [0.25, 0.3) is 0 Å². The van der Waals surface area contributed by atoms with E-state index in [4.69, 9.17) is 4.74 Å². The monoisotopic (exact) mass is 447 g/mol. The Hall–Kier alpha value is -2.41. The van der Waals surface area contributed by atoms with E-state index in [9.17, 15) is 18.0 Å². The number of carbonyl (C=O) groups is 1. The summed E-state index contributed by atoms with van der Waals surface area (Å²) in [5, 5.41) is 0. The van der Waals surface area contributed by atoms with E-state index < -0.39 is 5.51 Å². The molecule has 0 radical (unpaired) electrons. The number of anilines is 1. The smallest absolute Gasteiger partial charge is 0.446 e. The molecule has 2 aromatic rings. The lowest BCUT2D eigenvalue weighted by Gasteiger charge is -2.33. The molecule has 0 amide bonds. The number of thioether (sulfide) groups is 1. The average molecular weight is 448 g/mol. The van der Waals surface area contributed by atoms with Gasteiger partial charge in [-0.15, -0.1) is 0 Å². The summed E-state index contributed by atoms with van der Waals surface area (Å²) in [5.41, 5.74) is -0.337. The number of methoxy groups -OCH3 is 1. The number of alkyl halides is 3. The number of allylic oxidation sites excluding steroid dienone is 1. The van der Waals surface area contributed by atoms with Crippen LogP contribution in [0.3, 0.4) is 0 Å². The summed E-state index contributed by atoms with van der Waals surface area (Å²) in [6.07, 6.45) is 4.54. The van der Waals surface area contributed by atoms with Gasteiger partial charge in [-0.1, -0.05) is 19.1 Å². The van der Waals surface area contributed by atoms with Gasteiger partial charge in [0.1, 0.15) is 5.75 Å². The molecular formula is C24H24F3NO2S. The van der Waals surface area contributed by atoms with Crippen molar-refractivity contribution in [1.82, 2.24) is 0 Å². The Morgan fingerprint density at radius 2 is 1.81 bits per heavy atom. The molecule has 0 aromatic heterocycles. The highest BCUT2D eigenvalue weighted by molar-refractivity contribution is 8.00. The van der Waals surface area contributed by atoms with E-state index in [2.05, 4.69) is 17.9 Å². The largest absolute Gasteiger partial charge is 0.495 e. The second-order valence-corrected chi connectivity index (χ2v) is 9.28. The van der Waals surface area contributed by atoms with E-state index in [0.717, 1.165) is 37.2 Å². The average Bonchev–Trinajstić information content (AvgIpc) is 3.02. The third-order valence-electron chi connectivity index (χ3n) is 5.90. The van der Waals surface area contributed by atoms with Crippen LogP contribution in [0, 0.1) is 5.92 Å². The van der Waals surface area contributed by atoms with Crippen molar-refractivity contribution in [2.75, 3.05) is 25.1 Å². The quantitative estimate of drug-likeness (QED) is 0.403. The predicted molar refractivity (Wildman–Crippen MR) is 118 cm³/mol. The number of fused-ring (bicyclic) bond motifs is 1. The molecule has 1 aliphatic heterocycles. The maximum atomic E-state index is 13.0. The Balaban J connectivity index is 1.57. The van der Waals surface area contributed by atoms with Crippen LogP contribution in [0.4, 0.5) is 18.9 Å². The molecular weight excluding hydrogens is 423 g/mol. The summed E-state index contributed by atoms with van der Waals surface area (Å²) in [6.45, 7) is 4.20. The minimum absolute atomic E-state index is 0.0548. The molecule has 2 aromatic carbocycles. The molecule has 1 fully saturated rings. The highest BCUT2D eigenvalue weighted by Crippen LogP contribution is 2.40. The number of rotatable bonds is 4. The Kier molecular flexibility index (Phi) is 6.06. The SMILES string of the molecule is COc1cc2c(cc1N1CCC(C)CC1)C/C(=C\c1ccc(SC(F)(F)F)cc1)C2=O. The summed E-state index contributed by atoms with van der Waals surface area (Å²) < 4.78 is 43.1. The number of piperidine rings is 1. The van der Waals surface area contributed by atoms with Crippen LogP contribution >= 0.6 is 11.8 Å². The normalized spacial score (nSPS) is 18.5. The number of halogens is 3. The number of nitrogens with zero attached hydrogens (tertiary/aromatic N) is 1. The highest BCUT2D eigenvalue weighted by Gasteiger charge is 2.30. The molecule has 7 heteroatoms. The second kappa shape index (κ2) is 8.61. The van der Waals surface area contributed by atoms with E-state index in [-0.39, 0.29) is 22.4 Å². The van der Waals surface area contributed by atoms with Gasteiger partial charge in [0.15, 0.2) is 5.78 Å². The number of Topliss-reactive ketones (excluding diaryl/α,β-unsaturated/α-hetero) is 1. The summed E-state index contributed by atoms with van der Waals surface area (Å²) in [5.74, 6) is 1.37. The molecule has 0 bridgehead atoms. The minimum atomic E-state index is -4.31. The maximum absolute atomic E-state index is 13.0. The van der Waals surface area contributed by atoms with Crippen LogP contribution in [-0.4, -0.2) is 31.5 Å². The first-order chi connectivity index (χ1) is 14.7. The van der Waals surface area contributed by atoms with Gasteiger partial charge < -0.3 is 9.64 Å². The molecule has 0 saturated carbocycles. The van der Waals surface area contributed by atoms with E-state index in [1.165, 1.54) is 12.1 Å². The lowest BCUT2D eigenvalue weighted by atomic mass is 9.98. The first-order valence-corrected chi connectivity index (χ1v) is 11.1. The van der Waals surface area contributed by atoms with E-state index >= 15 is 0 Å². The van der Waals surface area contributed by atoms with Crippen LogP contribution in [0.15, 0.2) is 46.9 Å². The lowest BCUT2D eigenvalue weighted by Crippen LogP contribution is -2.33. The Morgan fingerprint density at radius 1 is 1.13 bits per heavy atom. The highest BCUT2D eigenvalue weighted by atomic mass is 32.2. The third kappa shape index (κ3) is 4.92. The van der Waals surface area contributed by atoms with Gasteiger partial charge in [0.05, 0.1) is 12.8 Å². The third-order valence-corrected chi connectivity index (χ3v) is 6.64. The fourth-order valence-corrected chi connectivity index (χ4v) is 4.71. The lowest BCUT2D eigenvalue weighted by molar-refractivity contribution is -0.0328. The molecule has 164 valence electrons. The molecule has 0 unspecified atom stereocenters. The van der Waals surface area contributed by atoms with Gasteiger partial charge in [-0.2, -0.15) is 13.2 Å². The molecule has 1 saturated heterocycles. The Labute approximate surface area is 184 Å². The molecule has 0 spiro atoms. The first-order valence-electron chi connectivity index (χ1n) is 10.3. The molecule has 1 aliphatic carbocycles. The van der Waals surface area contributed by atoms with Gasteiger partial charge in [0.2, 0.25) is 0 Å². The van der Waals surface area contributed by atoms with Crippen molar-refractivity contribution in [1.29, 1.82) is 0 Å². The van der Waals surface area contributed by atoms with Crippen LogP contribution in [-0.2, 0) is 6.42 Å². The van der Waals surface area contributed by atoms with Gasteiger partial charge >= 0.3 is 5.51 Å². The zero-order chi connectivity index (χ0) is 22.2. The van der Waals surface area contributed by atoms with Crippen LogP contribution in [0.25, 0.3) is 6.08 Å². The van der Waals surface area contributed by atoms with Crippen LogP contribution in [0.1, 0.15) is 41.3 Å². The van der Waals surface area contributed by atoms with E-state index in [1.54, 1.807) is 25.3 Å². The number of hydrogen-bond donors (Lipinski definition) is 0. The molecule has 0 N–H and O–H groups in total. The second-order valence-electron chi connectivity index (χ2n) is 8.14. The number of ketones is 1. The topological polar surface area (TPSA) is 29.5 Å². The molecule has 1 heterocycles. The van der Waals surface area contributed by atoms with Crippen molar-refractivity contribution in [2.24, 2.45) is 5.92 Å². The van der Waals surface area contributed by atoms with Crippen molar-refractivity contribution in [2.45, 2.75) is 36.6 Å². The molecule has 31 heavy (non-hydrogen) atoms. The van der Waals surface area contributed by atoms with Gasteiger partial charge in [-0.25, -0.2) is 0 Å². The van der Waals surface area contributed by atoms with Crippen molar-refractivity contribution in [3.63, 3.8) is 0 Å². The molecule has 2 aliphatic rings. The fraction of sp³-hybridized carbons (Fsp3) is 0.375. The fourth-order valence-electron chi connectivity index (χ4n) is 4.17. The molecule has 4 rings (SSSR count). The summed E-state index contributed by atoms with van der Waals surface area (Å²) in [6, 6.07) is 9.96. The predicted octanol–water partition coefficient (Wildman–Crippen LogP) is 6.37. The minimum Gasteiger partial charge on any atom is -0.495 e. The van der Waals surface area contributed by atoms with Crippen molar-refractivity contribution in [3.8, 4) is 5.75 Å². The van der Waals surface area contributed by atoms with Crippen LogP contribution in [0.5, 0.6) is 5.75 Å². The van der Waals surface area contributed by atoms with Gasteiger partial charge in [0, 0.05) is 35.5 Å². The number of carbonyl (C=O) groups excluding carboxylic acids is 1. The molecule has 3 nitrogen and oxygen atoms in total. The van der Waals surface area contributed by atoms with Crippen molar-refractivity contribution >= 4 is 29.3 Å². The van der Waals surface area contributed by atoms with Gasteiger partial charge in [-0.05, 0) is 72.0 Å².